The molecule has 0 radical (unpaired) electrons. The van der Waals surface area contributed by atoms with Crippen LogP contribution in [0.2, 0.25) is 0 Å². The number of rotatable bonds is 3. The van der Waals surface area contributed by atoms with Gasteiger partial charge in [-0.1, -0.05) is 35.5 Å². The topological polar surface area (TPSA) is 86.9 Å². The maximum Gasteiger partial charge on any atom is 0.260 e. The molecule has 2 aliphatic heterocycles. The van der Waals surface area contributed by atoms with Gasteiger partial charge >= 0.3 is 0 Å². The van der Waals surface area contributed by atoms with E-state index in [4.69, 9.17) is 4.52 Å². The molecular weight excluding hydrogens is 370 g/mol. The van der Waals surface area contributed by atoms with Crippen LogP contribution in [-0.2, 0) is 4.79 Å². The molecule has 1 aromatic heterocycles. The largest absolute Gasteiger partial charge is 0.396 e. The van der Waals surface area contributed by atoms with Gasteiger partial charge in [0.15, 0.2) is 0 Å². The molecule has 3 heterocycles. The molecule has 0 aliphatic carbocycles. The number of amides is 2. The van der Waals surface area contributed by atoms with Crippen molar-refractivity contribution in [1.29, 1.82) is 0 Å². The monoisotopic (exact) mass is 397 g/mol. The van der Waals surface area contributed by atoms with Crippen molar-refractivity contribution in [1.82, 2.24) is 15.0 Å². The van der Waals surface area contributed by atoms with Gasteiger partial charge in [-0.3, -0.25) is 9.59 Å². The summed E-state index contributed by atoms with van der Waals surface area (Å²) in [5, 5.41) is 14.4. The Labute approximate surface area is 170 Å². The number of carbonyl (C=O) groups excluding carboxylic acids is 2. The Morgan fingerprint density at radius 2 is 2.00 bits per heavy atom. The van der Waals surface area contributed by atoms with Crippen molar-refractivity contribution in [2.24, 2.45) is 5.41 Å². The smallest absolute Gasteiger partial charge is 0.260 e. The maximum absolute atomic E-state index is 13.7. The zero-order chi connectivity index (χ0) is 20.6. The van der Waals surface area contributed by atoms with Crippen LogP contribution in [0.3, 0.4) is 0 Å². The van der Waals surface area contributed by atoms with Crippen LogP contribution >= 0.6 is 0 Å². The van der Waals surface area contributed by atoms with E-state index in [-0.39, 0.29) is 29.9 Å². The van der Waals surface area contributed by atoms with E-state index in [2.05, 4.69) is 5.16 Å². The number of carbonyl (C=O) groups is 2. The van der Waals surface area contributed by atoms with Crippen molar-refractivity contribution in [2.75, 3.05) is 26.2 Å². The van der Waals surface area contributed by atoms with E-state index in [0.717, 1.165) is 18.4 Å². The minimum absolute atomic E-state index is 0.000597. The molecule has 29 heavy (non-hydrogen) atoms. The summed E-state index contributed by atoms with van der Waals surface area (Å²) in [4.78, 5) is 29.3. The number of benzene rings is 1. The number of aromatic nitrogens is 1. The van der Waals surface area contributed by atoms with E-state index in [1.807, 2.05) is 35.2 Å². The first-order valence-corrected chi connectivity index (χ1v) is 10.2. The van der Waals surface area contributed by atoms with Crippen LogP contribution in [0.15, 0.2) is 34.9 Å². The molecule has 1 N–H and O–H groups in total. The summed E-state index contributed by atoms with van der Waals surface area (Å²) in [7, 11) is 0. The Bertz CT molecular complexity index is 910. The summed E-state index contributed by atoms with van der Waals surface area (Å²) in [6.45, 7) is 4.98. The molecule has 1 aromatic carbocycles. The van der Waals surface area contributed by atoms with Crippen molar-refractivity contribution in [3.63, 3.8) is 0 Å². The lowest BCUT2D eigenvalue weighted by Gasteiger charge is -2.54. The van der Waals surface area contributed by atoms with Gasteiger partial charge in [0.25, 0.3) is 5.91 Å². The van der Waals surface area contributed by atoms with Gasteiger partial charge in [0.2, 0.25) is 5.91 Å². The van der Waals surface area contributed by atoms with E-state index >= 15 is 0 Å². The lowest BCUT2D eigenvalue weighted by molar-refractivity contribution is -0.136. The van der Waals surface area contributed by atoms with Crippen LogP contribution in [-0.4, -0.2) is 64.2 Å². The van der Waals surface area contributed by atoms with Crippen molar-refractivity contribution in [3.05, 3.63) is 41.7 Å². The van der Waals surface area contributed by atoms with Crippen LogP contribution in [0.1, 0.15) is 42.3 Å². The summed E-state index contributed by atoms with van der Waals surface area (Å²) in [6.07, 6.45) is 2.39. The number of aliphatic hydroxyl groups excluding tert-OH is 1. The molecule has 0 saturated carbocycles. The molecular formula is C22H27N3O4. The van der Waals surface area contributed by atoms with E-state index in [0.29, 0.717) is 43.1 Å². The first kappa shape index (κ1) is 19.6. The Hall–Kier alpha value is -2.67. The van der Waals surface area contributed by atoms with Gasteiger partial charge in [-0.2, -0.15) is 0 Å². The Kier molecular flexibility index (Phi) is 5.17. The van der Waals surface area contributed by atoms with E-state index in [9.17, 15) is 14.7 Å². The number of fused-ring (bicyclic) bond motifs is 1. The highest BCUT2D eigenvalue weighted by molar-refractivity contribution is 6.01. The molecule has 2 amide bonds. The molecule has 2 fully saturated rings. The molecule has 2 aromatic rings. The first-order valence-electron chi connectivity index (χ1n) is 10.2. The average Bonchev–Trinajstić information content (AvgIpc) is 3.14. The summed E-state index contributed by atoms with van der Waals surface area (Å²) < 4.78 is 5.40. The number of hydrogen-bond acceptors (Lipinski definition) is 5. The molecule has 4 rings (SSSR count). The van der Waals surface area contributed by atoms with Gasteiger partial charge in [0.1, 0.15) is 17.0 Å². The lowest BCUT2D eigenvalue weighted by Crippen LogP contribution is -2.64. The highest BCUT2D eigenvalue weighted by Gasteiger charge is 2.50. The molecule has 7 nitrogen and oxygen atoms in total. The molecule has 2 atom stereocenters. The lowest BCUT2D eigenvalue weighted by atomic mass is 9.68. The Morgan fingerprint density at radius 1 is 1.24 bits per heavy atom. The number of aliphatic hydroxyl groups is 1. The van der Waals surface area contributed by atoms with Crippen LogP contribution in [0.25, 0.3) is 11.3 Å². The van der Waals surface area contributed by atoms with Crippen LogP contribution < -0.4 is 0 Å². The van der Waals surface area contributed by atoms with Gasteiger partial charge in [0, 0.05) is 37.5 Å². The second-order valence-electron chi connectivity index (χ2n) is 8.18. The molecule has 2 saturated heterocycles. The van der Waals surface area contributed by atoms with Crippen molar-refractivity contribution >= 4 is 11.8 Å². The highest BCUT2D eigenvalue weighted by atomic mass is 16.5. The minimum atomic E-state index is -0.363. The van der Waals surface area contributed by atoms with Crippen molar-refractivity contribution in [2.45, 2.75) is 39.2 Å². The van der Waals surface area contributed by atoms with E-state index < -0.39 is 0 Å². The molecule has 0 unspecified atom stereocenters. The highest BCUT2D eigenvalue weighted by Crippen LogP contribution is 2.43. The normalized spacial score (nSPS) is 24.3. The standard InChI is InChI=1S/C22H27N3O4/c1-15-19(20(23-29-15)17-7-4-3-5-8-17)21(28)25-11-6-9-22(14-26)10-12-24(16(2)27)13-18(22)25/h3-5,7-8,18,26H,6,9-14H2,1-2H3/t18-,22-/m0/s1. The third kappa shape index (κ3) is 3.33. The fourth-order valence-corrected chi connectivity index (χ4v) is 4.85. The molecule has 2 aliphatic rings. The zero-order valence-electron chi connectivity index (χ0n) is 16.9. The third-order valence-electron chi connectivity index (χ3n) is 6.57. The predicted octanol–water partition coefficient (Wildman–Crippen LogP) is 2.49. The van der Waals surface area contributed by atoms with Crippen LogP contribution in [0.5, 0.6) is 0 Å². The molecule has 0 bridgehead atoms. The Morgan fingerprint density at radius 3 is 2.69 bits per heavy atom. The second-order valence-corrected chi connectivity index (χ2v) is 8.18. The van der Waals surface area contributed by atoms with Crippen LogP contribution in [0.4, 0.5) is 0 Å². The number of piperidine rings is 2. The fraction of sp³-hybridized carbons (Fsp3) is 0.500. The summed E-state index contributed by atoms with van der Waals surface area (Å²) in [6, 6.07) is 9.30. The molecule has 0 spiro atoms. The molecule has 154 valence electrons. The Balaban J connectivity index is 1.71. The summed E-state index contributed by atoms with van der Waals surface area (Å²) in [5.41, 5.74) is 1.46. The average molecular weight is 397 g/mol. The van der Waals surface area contributed by atoms with Gasteiger partial charge in [0.05, 0.1) is 12.6 Å². The van der Waals surface area contributed by atoms with E-state index in [1.165, 1.54) is 0 Å². The third-order valence-corrected chi connectivity index (χ3v) is 6.57. The quantitative estimate of drug-likeness (QED) is 0.860. The number of hydrogen-bond donors (Lipinski definition) is 1. The summed E-state index contributed by atoms with van der Waals surface area (Å²) in [5.74, 6) is 0.337. The van der Waals surface area contributed by atoms with Gasteiger partial charge in [-0.15, -0.1) is 0 Å². The second kappa shape index (κ2) is 7.63. The minimum Gasteiger partial charge on any atom is -0.396 e. The van der Waals surface area contributed by atoms with Gasteiger partial charge in [-0.25, -0.2) is 0 Å². The van der Waals surface area contributed by atoms with E-state index in [1.54, 1.807) is 18.7 Å². The predicted molar refractivity (Wildman–Crippen MR) is 107 cm³/mol. The fourth-order valence-electron chi connectivity index (χ4n) is 4.85. The SMILES string of the molecule is CC(=O)N1CC[C@]2(CO)CCCN(C(=O)c3c(-c4ccccc4)noc3C)[C@H]2C1. The zero-order valence-corrected chi connectivity index (χ0v) is 16.9. The first-order chi connectivity index (χ1) is 14.0. The molecule has 7 heteroatoms. The number of aryl methyl sites for hydroxylation is 1. The maximum atomic E-state index is 13.7. The van der Waals surface area contributed by atoms with Crippen LogP contribution in [0, 0.1) is 12.3 Å². The number of nitrogens with zero attached hydrogens (tertiary/aromatic N) is 3. The van der Waals surface area contributed by atoms with Gasteiger partial charge < -0.3 is 19.4 Å². The van der Waals surface area contributed by atoms with Gasteiger partial charge in [-0.05, 0) is 26.2 Å². The van der Waals surface area contributed by atoms with Crippen molar-refractivity contribution in [3.8, 4) is 11.3 Å². The summed E-state index contributed by atoms with van der Waals surface area (Å²) >= 11 is 0. The number of likely N-dealkylation sites (tertiary alicyclic amines) is 2. The van der Waals surface area contributed by atoms with Crippen molar-refractivity contribution < 1.29 is 19.2 Å².